The van der Waals surface area contributed by atoms with Crippen LogP contribution in [0.15, 0.2) is 0 Å². The molecule has 15 heavy (non-hydrogen) atoms. The summed E-state index contributed by atoms with van der Waals surface area (Å²) in [6.07, 6.45) is 0. The number of nitrogens with zero attached hydrogens (tertiary/aromatic N) is 1. The maximum atomic E-state index is 5.31. The molecule has 1 aliphatic rings. The lowest BCUT2D eigenvalue weighted by Gasteiger charge is -2.27. The molecule has 0 aromatic rings. The molecule has 1 fully saturated rings. The van der Waals surface area contributed by atoms with Crippen molar-refractivity contribution in [1.29, 1.82) is 0 Å². The van der Waals surface area contributed by atoms with Gasteiger partial charge in [0.05, 0.1) is 13.2 Å². The van der Waals surface area contributed by atoms with Gasteiger partial charge in [-0.1, -0.05) is 20.8 Å². The summed E-state index contributed by atoms with van der Waals surface area (Å²) in [5, 5.41) is 3.53. The second kappa shape index (κ2) is 7.20. The highest BCUT2D eigenvalue weighted by molar-refractivity contribution is 4.65. The minimum Gasteiger partial charge on any atom is -0.379 e. The van der Waals surface area contributed by atoms with Crippen LogP contribution in [0.5, 0.6) is 0 Å². The Labute approximate surface area is 94.2 Å². The second-order valence-electron chi connectivity index (χ2n) is 4.88. The number of rotatable bonds is 6. The van der Waals surface area contributed by atoms with Crippen molar-refractivity contribution in [1.82, 2.24) is 10.2 Å². The van der Waals surface area contributed by atoms with Crippen LogP contribution in [0.25, 0.3) is 0 Å². The lowest BCUT2D eigenvalue weighted by atomic mass is 9.98. The van der Waals surface area contributed by atoms with Crippen molar-refractivity contribution >= 4 is 0 Å². The Balaban J connectivity index is 1.96. The van der Waals surface area contributed by atoms with Crippen LogP contribution in [0.4, 0.5) is 0 Å². The summed E-state index contributed by atoms with van der Waals surface area (Å²) in [6.45, 7) is 14.3. The predicted octanol–water partition coefficient (Wildman–Crippen LogP) is 1.20. The minimum atomic E-state index is 0.773. The fourth-order valence-electron chi connectivity index (χ4n) is 1.63. The summed E-state index contributed by atoms with van der Waals surface area (Å²) >= 11 is 0. The van der Waals surface area contributed by atoms with E-state index in [4.69, 9.17) is 4.74 Å². The van der Waals surface area contributed by atoms with Crippen LogP contribution in [0.1, 0.15) is 20.8 Å². The number of hydrogen-bond donors (Lipinski definition) is 1. The van der Waals surface area contributed by atoms with Gasteiger partial charge in [0.2, 0.25) is 0 Å². The van der Waals surface area contributed by atoms with E-state index in [-0.39, 0.29) is 0 Å². The van der Waals surface area contributed by atoms with E-state index in [2.05, 4.69) is 31.0 Å². The molecule has 1 rings (SSSR count). The van der Waals surface area contributed by atoms with E-state index >= 15 is 0 Å². The minimum absolute atomic E-state index is 0.773. The van der Waals surface area contributed by atoms with E-state index in [0.29, 0.717) is 0 Å². The molecule has 1 atom stereocenters. The van der Waals surface area contributed by atoms with Crippen LogP contribution in [0.3, 0.4) is 0 Å². The largest absolute Gasteiger partial charge is 0.379 e. The number of hydrogen-bond acceptors (Lipinski definition) is 3. The molecular weight excluding hydrogens is 188 g/mol. The predicted molar refractivity (Wildman–Crippen MR) is 64.1 cm³/mol. The average molecular weight is 214 g/mol. The van der Waals surface area contributed by atoms with Gasteiger partial charge in [0.25, 0.3) is 0 Å². The summed E-state index contributed by atoms with van der Waals surface area (Å²) in [7, 11) is 0. The van der Waals surface area contributed by atoms with Crippen molar-refractivity contribution in [2.24, 2.45) is 11.8 Å². The summed E-state index contributed by atoms with van der Waals surface area (Å²) < 4.78 is 5.31. The Kier molecular flexibility index (Phi) is 6.22. The van der Waals surface area contributed by atoms with E-state index in [1.165, 1.54) is 0 Å². The first-order valence-electron chi connectivity index (χ1n) is 6.21. The van der Waals surface area contributed by atoms with Crippen molar-refractivity contribution in [3.05, 3.63) is 0 Å². The molecule has 0 radical (unpaired) electrons. The average Bonchev–Trinajstić information content (AvgIpc) is 2.25. The Bertz CT molecular complexity index is 156. The Morgan fingerprint density at radius 3 is 2.47 bits per heavy atom. The number of nitrogens with one attached hydrogen (secondary N) is 1. The van der Waals surface area contributed by atoms with Gasteiger partial charge in [-0.25, -0.2) is 0 Å². The number of ether oxygens (including phenoxy) is 1. The van der Waals surface area contributed by atoms with E-state index in [1.54, 1.807) is 0 Å². The fraction of sp³-hybridized carbons (Fsp3) is 1.00. The molecule has 0 aromatic carbocycles. The van der Waals surface area contributed by atoms with Gasteiger partial charge in [-0.3, -0.25) is 4.90 Å². The van der Waals surface area contributed by atoms with Crippen LogP contribution in [-0.2, 0) is 4.74 Å². The van der Waals surface area contributed by atoms with Gasteiger partial charge in [0.15, 0.2) is 0 Å². The zero-order valence-electron chi connectivity index (χ0n) is 10.5. The van der Waals surface area contributed by atoms with Crippen molar-refractivity contribution in [3.63, 3.8) is 0 Å². The normalized spacial score (nSPS) is 20.8. The Morgan fingerprint density at radius 2 is 1.87 bits per heavy atom. The molecule has 1 unspecified atom stereocenters. The van der Waals surface area contributed by atoms with Gasteiger partial charge < -0.3 is 10.1 Å². The molecule has 1 aliphatic heterocycles. The van der Waals surface area contributed by atoms with Crippen LogP contribution in [0.2, 0.25) is 0 Å². The quantitative estimate of drug-likeness (QED) is 0.672. The first-order valence-corrected chi connectivity index (χ1v) is 6.21. The maximum Gasteiger partial charge on any atom is 0.0594 e. The molecule has 0 aliphatic carbocycles. The van der Waals surface area contributed by atoms with Crippen molar-refractivity contribution < 1.29 is 4.74 Å². The molecule has 1 N–H and O–H groups in total. The third-order valence-electron chi connectivity index (χ3n) is 3.31. The van der Waals surface area contributed by atoms with Crippen LogP contribution in [-0.4, -0.2) is 50.8 Å². The monoisotopic (exact) mass is 214 g/mol. The Hall–Kier alpha value is -0.120. The molecule has 3 heteroatoms. The first-order chi connectivity index (χ1) is 7.20. The highest BCUT2D eigenvalue weighted by atomic mass is 16.5. The van der Waals surface area contributed by atoms with Crippen molar-refractivity contribution in [2.75, 3.05) is 45.9 Å². The molecule has 3 nitrogen and oxygen atoms in total. The van der Waals surface area contributed by atoms with E-state index in [1.807, 2.05) is 0 Å². The summed E-state index contributed by atoms with van der Waals surface area (Å²) in [5.41, 5.74) is 0. The van der Waals surface area contributed by atoms with E-state index in [9.17, 15) is 0 Å². The molecule has 1 heterocycles. The van der Waals surface area contributed by atoms with Gasteiger partial charge >= 0.3 is 0 Å². The highest BCUT2D eigenvalue weighted by Crippen LogP contribution is 2.07. The molecule has 1 saturated heterocycles. The SMILES string of the molecule is CC(C)C(C)CNCCN1CCOCC1. The molecular formula is C12H26N2O. The molecule has 0 spiro atoms. The third kappa shape index (κ3) is 5.50. The van der Waals surface area contributed by atoms with Gasteiger partial charge in [0, 0.05) is 26.2 Å². The maximum absolute atomic E-state index is 5.31. The van der Waals surface area contributed by atoms with Crippen molar-refractivity contribution in [3.8, 4) is 0 Å². The standard InChI is InChI=1S/C12H26N2O/c1-11(2)12(3)10-13-4-5-14-6-8-15-9-7-14/h11-13H,4-10H2,1-3H3. The second-order valence-corrected chi connectivity index (χ2v) is 4.88. The van der Waals surface area contributed by atoms with Gasteiger partial charge in [0.1, 0.15) is 0 Å². The summed E-state index contributed by atoms with van der Waals surface area (Å²) in [4.78, 5) is 2.47. The molecule has 0 amide bonds. The third-order valence-corrected chi connectivity index (χ3v) is 3.31. The van der Waals surface area contributed by atoms with Crippen LogP contribution >= 0.6 is 0 Å². The number of morpholine rings is 1. The molecule has 0 bridgehead atoms. The molecule has 90 valence electrons. The van der Waals surface area contributed by atoms with E-state index in [0.717, 1.165) is 57.8 Å². The van der Waals surface area contributed by atoms with Crippen molar-refractivity contribution in [2.45, 2.75) is 20.8 Å². The van der Waals surface area contributed by atoms with Gasteiger partial charge in [-0.15, -0.1) is 0 Å². The first kappa shape index (κ1) is 12.9. The lowest BCUT2D eigenvalue weighted by Crippen LogP contribution is -2.41. The van der Waals surface area contributed by atoms with Crippen LogP contribution in [0, 0.1) is 11.8 Å². The zero-order valence-corrected chi connectivity index (χ0v) is 10.5. The van der Waals surface area contributed by atoms with Gasteiger partial charge in [-0.2, -0.15) is 0 Å². The lowest BCUT2D eigenvalue weighted by molar-refractivity contribution is 0.0383. The zero-order chi connectivity index (χ0) is 11.1. The fourth-order valence-corrected chi connectivity index (χ4v) is 1.63. The van der Waals surface area contributed by atoms with Crippen LogP contribution < -0.4 is 5.32 Å². The summed E-state index contributed by atoms with van der Waals surface area (Å²) in [5.74, 6) is 1.55. The smallest absolute Gasteiger partial charge is 0.0594 e. The molecule has 0 saturated carbocycles. The Morgan fingerprint density at radius 1 is 1.20 bits per heavy atom. The van der Waals surface area contributed by atoms with Gasteiger partial charge in [-0.05, 0) is 18.4 Å². The highest BCUT2D eigenvalue weighted by Gasteiger charge is 2.10. The summed E-state index contributed by atoms with van der Waals surface area (Å²) in [6, 6.07) is 0. The van der Waals surface area contributed by atoms with E-state index < -0.39 is 0 Å². The molecule has 0 aromatic heterocycles. The topological polar surface area (TPSA) is 24.5 Å².